The van der Waals surface area contributed by atoms with Crippen LogP contribution in [0, 0.1) is 0 Å². The molecule has 0 radical (unpaired) electrons. The van der Waals surface area contributed by atoms with E-state index in [1.54, 1.807) is 6.07 Å². The molecule has 4 rings (SSSR count). The average Bonchev–Trinajstić information content (AvgIpc) is 3.04. The SMILES string of the molecule is O=c1oc2ccccc2cc1C1=NNC(c2ccc(Br)cc2)C1. The van der Waals surface area contributed by atoms with E-state index < -0.39 is 0 Å². The Labute approximate surface area is 141 Å². The summed E-state index contributed by atoms with van der Waals surface area (Å²) < 4.78 is 6.43. The van der Waals surface area contributed by atoms with Crippen molar-refractivity contribution in [3.63, 3.8) is 0 Å². The molecule has 2 aromatic carbocycles. The first kappa shape index (κ1) is 14.2. The quantitative estimate of drug-likeness (QED) is 0.695. The van der Waals surface area contributed by atoms with Gasteiger partial charge in [0, 0.05) is 16.3 Å². The Morgan fingerprint density at radius 1 is 1.13 bits per heavy atom. The summed E-state index contributed by atoms with van der Waals surface area (Å²) in [7, 11) is 0. The lowest BCUT2D eigenvalue weighted by Crippen LogP contribution is -2.14. The molecule has 1 aromatic heterocycles. The van der Waals surface area contributed by atoms with Gasteiger partial charge in [0.1, 0.15) is 5.58 Å². The minimum Gasteiger partial charge on any atom is -0.422 e. The molecule has 0 bridgehead atoms. The second-order valence-electron chi connectivity index (χ2n) is 5.48. The average molecular weight is 369 g/mol. The van der Waals surface area contributed by atoms with Gasteiger partial charge in [-0.2, -0.15) is 5.10 Å². The molecule has 1 unspecified atom stereocenters. The third-order valence-corrected chi connectivity index (χ3v) is 4.51. The minimum atomic E-state index is -0.347. The largest absolute Gasteiger partial charge is 0.422 e. The molecule has 23 heavy (non-hydrogen) atoms. The van der Waals surface area contributed by atoms with E-state index >= 15 is 0 Å². The molecule has 5 heteroatoms. The molecule has 114 valence electrons. The van der Waals surface area contributed by atoms with Crippen molar-refractivity contribution in [2.45, 2.75) is 12.5 Å². The molecular weight excluding hydrogens is 356 g/mol. The Morgan fingerprint density at radius 3 is 2.74 bits per heavy atom. The van der Waals surface area contributed by atoms with Gasteiger partial charge in [-0.1, -0.05) is 46.3 Å². The fraction of sp³-hybridized carbons (Fsp3) is 0.111. The van der Waals surface area contributed by atoms with Crippen LogP contribution in [0.3, 0.4) is 0 Å². The van der Waals surface area contributed by atoms with E-state index in [1.165, 1.54) is 0 Å². The Kier molecular flexibility index (Phi) is 3.50. The zero-order chi connectivity index (χ0) is 15.8. The first-order valence-electron chi connectivity index (χ1n) is 7.31. The Hall–Kier alpha value is -2.40. The number of hydrogen-bond donors (Lipinski definition) is 1. The van der Waals surface area contributed by atoms with Crippen LogP contribution in [0.4, 0.5) is 0 Å². The van der Waals surface area contributed by atoms with Crippen molar-refractivity contribution in [1.29, 1.82) is 0 Å². The number of nitrogens with one attached hydrogen (secondary N) is 1. The molecular formula is C18H13BrN2O2. The zero-order valence-electron chi connectivity index (χ0n) is 12.1. The highest BCUT2D eigenvalue weighted by atomic mass is 79.9. The predicted octanol–water partition coefficient (Wildman–Crippen LogP) is 3.99. The van der Waals surface area contributed by atoms with Crippen molar-refractivity contribution in [2.75, 3.05) is 0 Å². The summed E-state index contributed by atoms with van der Waals surface area (Å²) in [6.07, 6.45) is 0.657. The van der Waals surface area contributed by atoms with Crippen molar-refractivity contribution in [3.05, 3.63) is 80.6 Å². The van der Waals surface area contributed by atoms with Crippen LogP contribution < -0.4 is 11.1 Å². The summed E-state index contributed by atoms with van der Waals surface area (Å²) in [6, 6.07) is 17.5. The topological polar surface area (TPSA) is 54.6 Å². The van der Waals surface area contributed by atoms with Crippen molar-refractivity contribution in [2.24, 2.45) is 5.10 Å². The highest BCUT2D eigenvalue weighted by Crippen LogP contribution is 2.25. The molecule has 0 aliphatic carbocycles. The van der Waals surface area contributed by atoms with Crippen molar-refractivity contribution in [3.8, 4) is 0 Å². The van der Waals surface area contributed by atoms with Gasteiger partial charge >= 0.3 is 5.63 Å². The maximum atomic E-state index is 12.2. The maximum absolute atomic E-state index is 12.2. The molecule has 0 amide bonds. The molecule has 0 fully saturated rings. The molecule has 1 N–H and O–H groups in total. The van der Waals surface area contributed by atoms with Gasteiger partial charge in [0.25, 0.3) is 0 Å². The van der Waals surface area contributed by atoms with E-state index in [1.807, 2.05) is 48.5 Å². The van der Waals surface area contributed by atoms with Gasteiger partial charge in [-0.05, 0) is 29.8 Å². The second kappa shape index (κ2) is 5.66. The third kappa shape index (κ3) is 2.68. The van der Waals surface area contributed by atoms with Crippen LogP contribution in [-0.4, -0.2) is 5.71 Å². The molecule has 1 aliphatic heterocycles. The summed E-state index contributed by atoms with van der Waals surface area (Å²) in [5, 5.41) is 5.25. The van der Waals surface area contributed by atoms with E-state index in [-0.39, 0.29) is 11.7 Å². The van der Waals surface area contributed by atoms with Gasteiger partial charge in [-0.25, -0.2) is 4.79 Å². The van der Waals surface area contributed by atoms with Crippen LogP contribution in [0.2, 0.25) is 0 Å². The number of nitrogens with zero attached hydrogens (tertiary/aromatic N) is 1. The number of rotatable bonds is 2. The zero-order valence-corrected chi connectivity index (χ0v) is 13.7. The van der Waals surface area contributed by atoms with Gasteiger partial charge in [0.2, 0.25) is 0 Å². The summed E-state index contributed by atoms with van der Waals surface area (Å²) in [6.45, 7) is 0. The number of para-hydroxylation sites is 1. The van der Waals surface area contributed by atoms with E-state index in [4.69, 9.17) is 4.42 Å². The maximum Gasteiger partial charge on any atom is 0.345 e. The van der Waals surface area contributed by atoms with Crippen LogP contribution in [-0.2, 0) is 0 Å². The second-order valence-corrected chi connectivity index (χ2v) is 6.40. The van der Waals surface area contributed by atoms with Gasteiger partial charge in [-0.3, -0.25) is 0 Å². The number of hydrogen-bond acceptors (Lipinski definition) is 4. The van der Waals surface area contributed by atoms with E-state index in [0.29, 0.717) is 17.6 Å². The molecule has 1 aliphatic rings. The van der Waals surface area contributed by atoms with Crippen LogP contribution in [0.1, 0.15) is 23.6 Å². The Bertz CT molecular complexity index is 961. The molecule has 4 nitrogen and oxygen atoms in total. The molecule has 1 atom stereocenters. The fourth-order valence-corrected chi connectivity index (χ4v) is 3.03. The monoisotopic (exact) mass is 368 g/mol. The van der Waals surface area contributed by atoms with Crippen LogP contribution in [0.15, 0.2) is 73.4 Å². The molecule has 0 saturated carbocycles. The first-order valence-corrected chi connectivity index (χ1v) is 8.11. The van der Waals surface area contributed by atoms with Crippen LogP contribution >= 0.6 is 15.9 Å². The Balaban J connectivity index is 1.66. The highest BCUT2D eigenvalue weighted by Gasteiger charge is 2.23. The third-order valence-electron chi connectivity index (χ3n) is 3.98. The van der Waals surface area contributed by atoms with Crippen molar-refractivity contribution < 1.29 is 4.42 Å². The Morgan fingerprint density at radius 2 is 1.91 bits per heavy atom. The molecule has 0 saturated heterocycles. The normalized spacial score (nSPS) is 17.1. The number of benzene rings is 2. The fourth-order valence-electron chi connectivity index (χ4n) is 2.76. The molecule has 2 heterocycles. The number of fused-ring (bicyclic) bond motifs is 1. The smallest absolute Gasteiger partial charge is 0.345 e. The van der Waals surface area contributed by atoms with Gasteiger partial charge < -0.3 is 9.84 Å². The van der Waals surface area contributed by atoms with E-state index in [9.17, 15) is 4.79 Å². The molecule has 0 spiro atoms. The summed E-state index contributed by atoms with van der Waals surface area (Å²) in [5.74, 6) is 0. The van der Waals surface area contributed by atoms with Crippen LogP contribution in [0.5, 0.6) is 0 Å². The van der Waals surface area contributed by atoms with Gasteiger partial charge in [0.05, 0.1) is 17.3 Å². The van der Waals surface area contributed by atoms with Gasteiger partial charge in [0.15, 0.2) is 0 Å². The summed E-state index contributed by atoms with van der Waals surface area (Å²) in [5.41, 5.74) is 5.75. The summed E-state index contributed by atoms with van der Waals surface area (Å²) >= 11 is 3.43. The predicted molar refractivity (Wildman–Crippen MR) is 93.7 cm³/mol. The standard InChI is InChI=1S/C18H13BrN2O2/c19-13-7-5-11(6-8-13)15-10-16(21-20-15)14-9-12-3-1-2-4-17(12)23-18(14)22/h1-9,15,20H,10H2. The van der Waals surface area contributed by atoms with Gasteiger partial charge in [-0.15, -0.1) is 0 Å². The lowest BCUT2D eigenvalue weighted by atomic mass is 9.99. The van der Waals surface area contributed by atoms with E-state index in [0.717, 1.165) is 21.1 Å². The minimum absolute atomic E-state index is 0.0731. The lowest BCUT2D eigenvalue weighted by Gasteiger charge is -2.09. The first-order chi connectivity index (χ1) is 11.2. The van der Waals surface area contributed by atoms with Crippen molar-refractivity contribution >= 4 is 32.6 Å². The molecule has 3 aromatic rings. The van der Waals surface area contributed by atoms with Crippen molar-refractivity contribution in [1.82, 2.24) is 5.43 Å². The van der Waals surface area contributed by atoms with Crippen LogP contribution in [0.25, 0.3) is 11.0 Å². The summed E-state index contributed by atoms with van der Waals surface area (Å²) in [4.78, 5) is 12.2. The van der Waals surface area contributed by atoms with E-state index in [2.05, 4.69) is 26.5 Å². The highest BCUT2D eigenvalue weighted by molar-refractivity contribution is 9.10. The lowest BCUT2D eigenvalue weighted by molar-refractivity contribution is 0.559. The number of halogens is 1. The number of hydrazone groups is 1.